The first-order valence-electron chi connectivity index (χ1n) is 9.60. The molecule has 4 aromatic rings. The molecule has 2 heterocycles. The average Bonchev–Trinajstić information content (AvgIpc) is 3.37. The third-order valence-electron chi connectivity index (χ3n) is 4.63. The molecule has 0 saturated heterocycles. The molecule has 0 bridgehead atoms. The zero-order valence-corrected chi connectivity index (χ0v) is 17.5. The predicted molar refractivity (Wildman–Crippen MR) is 112 cm³/mol. The lowest BCUT2D eigenvalue weighted by Crippen LogP contribution is -2.08. The fraction of sp³-hybridized carbons (Fsp3) is 0.182. The van der Waals surface area contributed by atoms with Gasteiger partial charge in [-0.1, -0.05) is 23.7 Å². The molecule has 6 nitrogen and oxygen atoms in total. The number of para-hydroxylation sites is 1. The van der Waals surface area contributed by atoms with E-state index in [0.717, 1.165) is 10.7 Å². The molecule has 0 radical (unpaired) electrons. The number of fused-ring (bicyclic) bond motifs is 1. The van der Waals surface area contributed by atoms with Crippen molar-refractivity contribution in [2.24, 2.45) is 0 Å². The Hall–Kier alpha value is -3.46. The van der Waals surface area contributed by atoms with Gasteiger partial charge in [0, 0.05) is 10.9 Å². The van der Waals surface area contributed by atoms with Gasteiger partial charge in [-0.2, -0.15) is 18.3 Å². The summed E-state index contributed by atoms with van der Waals surface area (Å²) in [6.07, 6.45) is -4.62. The van der Waals surface area contributed by atoms with Crippen molar-refractivity contribution in [2.75, 3.05) is 6.61 Å². The van der Waals surface area contributed by atoms with Gasteiger partial charge in [0.05, 0.1) is 23.0 Å². The summed E-state index contributed by atoms with van der Waals surface area (Å²) in [6.45, 7) is 1.78. The number of nitrogens with one attached hydrogen (secondary N) is 1. The van der Waals surface area contributed by atoms with Crippen LogP contribution in [0.5, 0.6) is 5.75 Å². The number of aromatic nitrogens is 3. The van der Waals surface area contributed by atoms with Crippen molar-refractivity contribution >= 4 is 28.5 Å². The molecule has 0 amide bonds. The lowest BCUT2D eigenvalue weighted by Gasteiger charge is -2.10. The Morgan fingerprint density at radius 3 is 2.66 bits per heavy atom. The predicted octanol–water partition coefficient (Wildman–Crippen LogP) is 5.78. The highest BCUT2D eigenvalue weighted by atomic mass is 35.5. The van der Waals surface area contributed by atoms with Gasteiger partial charge in [0.25, 0.3) is 0 Å². The third-order valence-corrected chi connectivity index (χ3v) is 4.95. The van der Waals surface area contributed by atoms with Gasteiger partial charge in [0.2, 0.25) is 0 Å². The number of rotatable bonds is 6. The molecule has 166 valence electrons. The molecule has 32 heavy (non-hydrogen) atoms. The minimum Gasteiger partial charge on any atom is -0.487 e. The van der Waals surface area contributed by atoms with E-state index in [-0.39, 0.29) is 23.9 Å². The van der Waals surface area contributed by atoms with E-state index in [4.69, 9.17) is 21.1 Å². The van der Waals surface area contributed by atoms with Crippen LogP contribution >= 0.6 is 11.6 Å². The van der Waals surface area contributed by atoms with Crippen LogP contribution in [-0.2, 0) is 17.5 Å². The minimum absolute atomic E-state index is 0.173. The SMILES string of the molecule is CCOC(=O)c1cc2cc(OCc3cc(C(F)(F)F)nn3-c3ccccc3Cl)ccc2[nH]1. The monoisotopic (exact) mass is 463 g/mol. The molecule has 0 atom stereocenters. The maximum Gasteiger partial charge on any atom is 0.435 e. The first-order chi connectivity index (χ1) is 15.3. The number of hydrogen-bond acceptors (Lipinski definition) is 4. The Morgan fingerprint density at radius 1 is 1.16 bits per heavy atom. The highest BCUT2D eigenvalue weighted by Crippen LogP contribution is 2.31. The lowest BCUT2D eigenvalue weighted by atomic mass is 10.2. The average molecular weight is 464 g/mol. The summed E-state index contributed by atoms with van der Waals surface area (Å²) in [7, 11) is 0. The number of hydrogen-bond donors (Lipinski definition) is 1. The zero-order valence-electron chi connectivity index (χ0n) is 16.7. The Kier molecular flexibility index (Phi) is 5.84. The molecular weight excluding hydrogens is 447 g/mol. The fourth-order valence-corrected chi connectivity index (χ4v) is 3.39. The van der Waals surface area contributed by atoms with E-state index in [1.807, 2.05) is 0 Å². The summed E-state index contributed by atoms with van der Waals surface area (Å²) in [5, 5.41) is 4.64. The highest BCUT2D eigenvalue weighted by molar-refractivity contribution is 6.32. The van der Waals surface area contributed by atoms with Crippen LogP contribution in [0, 0.1) is 0 Å². The van der Waals surface area contributed by atoms with Crippen molar-refractivity contribution in [3.05, 3.63) is 76.7 Å². The Bertz CT molecular complexity index is 1280. The van der Waals surface area contributed by atoms with Gasteiger partial charge in [0.1, 0.15) is 18.1 Å². The van der Waals surface area contributed by atoms with E-state index in [0.29, 0.717) is 28.0 Å². The van der Waals surface area contributed by atoms with Crippen molar-refractivity contribution in [3.8, 4) is 11.4 Å². The number of ether oxygens (including phenoxy) is 2. The number of carbonyl (C=O) groups is 1. The first-order valence-corrected chi connectivity index (χ1v) is 9.98. The molecule has 0 unspecified atom stereocenters. The molecule has 0 saturated carbocycles. The Labute approximate surface area is 185 Å². The van der Waals surface area contributed by atoms with Crippen LogP contribution < -0.4 is 4.74 Å². The summed E-state index contributed by atoms with van der Waals surface area (Å²) in [6, 6.07) is 14.0. The van der Waals surface area contributed by atoms with Gasteiger partial charge >= 0.3 is 12.1 Å². The largest absolute Gasteiger partial charge is 0.487 e. The van der Waals surface area contributed by atoms with Crippen molar-refractivity contribution in [1.29, 1.82) is 0 Å². The standard InChI is InChI=1S/C22H17ClF3N3O3/c1-2-31-21(30)18-10-13-9-15(7-8-17(13)27-18)32-12-14-11-20(22(24,25)26)28-29(14)19-6-4-3-5-16(19)23/h3-11,27H,2,12H2,1H3. The summed E-state index contributed by atoms with van der Waals surface area (Å²) < 4.78 is 51.6. The molecule has 10 heteroatoms. The van der Waals surface area contributed by atoms with E-state index in [2.05, 4.69) is 10.1 Å². The van der Waals surface area contributed by atoms with Crippen molar-refractivity contribution < 1.29 is 27.4 Å². The van der Waals surface area contributed by atoms with E-state index in [1.54, 1.807) is 55.5 Å². The summed E-state index contributed by atoms with van der Waals surface area (Å²) in [5.41, 5.74) is 0.429. The number of nitrogens with zero attached hydrogens (tertiary/aromatic N) is 2. The van der Waals surface area contributed by atoms with E-state index >= 15 is 0 Å². The molecule has 0 aliphatic carbocycles. The van der Waals surface area contributed by atoms with Gasteiger partial charge in [-0.3, -0.25) is 0 Å². The van der Waals surface area contributed by atoms with Crippen LogP contribution in [0.15, 0.2) is 54.6 Å². The number of H-pyrrole nitrogens is 1. The molecule has 0 fully saturated rings. The smallest absolute Gasteiger partial charge is 0.435 e. The number of carbonyl (C=O) groups excluding carboxylic acids is 1. The molecule has 1 N–H and O–H groups in total. The maximum absolute atomic E-state index is 13.3. The Morgan fingerprint density at radius 2 is 1.94 bits per heavy atom. The highest BCUT2D eigenvalue weighted by Gasteiger charge is 2.35. The summed E-state index contributed by atoms with van der Waals surface area (Å²) >= 11 is 6.16. The quantitative estimate of drug-likeness (QED) is 0.368. The molecular formula is C22H17ClF3N3O3. The lowest BCUT2D eigenvalue weighted by molar-refractivity contribution is -0.141. The van der Waals surface area contributed by atoms with Gasteiger partial charge in [-0.25, -0.2) is 9.48 Å². The van der Waals surface area contributed by atoms with Crippen LogP contribution in [0.4, 0.5) is 13.2 Å². The van der Waals surface area contributed by atoms with Gasteiger partial charge < -0.3 is 14.5 Å². The van der Waals surface area contributed by atoms with Crippen LogP contribution in [-0.4, -0.2) is 27.3 Å². The second-order valence-corrected chi connectivity index (χ2v) is 7.23. The van der Waals surface area contributed by atoms with Crippen molar-refractivity contribution in [2.45, 2.75) is 19.7 Å². The first kappa shape index (κ1) is 21.8. The second kappa shape index (κ2) is 8.58. The number of esters is 1. The molecule has 2 aromatic heterocycles. The topological polar surface area (TPSA) is 69.1 Å². The van der Waals surface area contributed by atoms with Crippen LogP contribution in [0.1, 0.15) is 28.8 Å². The van der Waals surface area contributed by atoms with Gasteiger partial charge in [-0.05, 0) is 49.4 Å². The molecule has 0 aliphatic heterocycles. The van der Waals surface area contributed by atoms with Crippen molar-refractivity contribution in [1.82, 2.24) is 14.8 Å². The third kappa shape index (κ3) is 4.43. The molecule has 2 aromatic carbocycles. The second-order valence-electron chi connectivity index (χ2n) is 6.82. The summed E-state index contributed by atoms with van der Waals surface area (Å²) in [5.74, 6) is -0.0677. The Balaban J connectivity index is 1.62. The van der Waals surface area contributed by atoms with E-state index in [9.17, 15) is 18.0 Å². The molecule has 0 spiro atoms. The number of alkyl halides is 3. The van der Waals surface area contributed by atoms with Crippen LogP contribution in [0.2, 0.25) is 5.02 Å². The number of aromatic amines is 1. The molecule has 0 aliphatic rings. The zero-order chi connectivity index (χ0) is 22.9. The van der Waals surface area contributed by atoms with Crippen molar-refractivity contribution in [3.63, 3.8) is 0 Å². The maximum atomic E-state index is 13.3. The number of halogens is 4. The van der Waals surface area contributed by atoms with Crippen LogP contribution in [0.25, 0.3) is 16.6 Å². The van der Waals surface area contributed by atoms with Crippen LogP contribution in [0.3, 0.4) is 0 Å². The van der Waals surface area contributed by atoms with E-state index in [1.165, 1.54) is 0 Å². The molecule has 4 rings (SSSR count). The van der Waals surface area contributed by atoms with E-state index < -0.39 is 17.8 Å². The minimum atomic E-state index is -4.62. The normalized spacial score (nSPS) is 11.7. The number of benzene rings is 2. The fourth-order valence-electron chi connectivity index (χ4n) is 3.17. The van der Waals surface area contributed by atoms with Gasteiger partial charge in [-0.15, -0.1) is 0 Å². The summed E-state index contributed by atoms with van der Waals surface area (Å²) in [4.78, 5) is 14.8. The van der Waals surface area contributed by atoms with Gasteiger partial charge in [0.15, 0.2) is 5.69 Å².